The number of amides is 1. The molecule has 1 amide bonds. The van der Waals surface area contributed by atoms with Crippen LogP contribution in [-0.2, 0) is 4.79 Å². The lowest BCUT2D eigenvalue weighted by Gasteiger charge is -2.17. The number of likely N-dealkylation sites (N-methyl/N-ethyl adjacent to an activating group) is 1. The molecule has 0 spiro atoms. The van der Waals surface area contributed by atoms with Crippen LogP contribution >= 0.6 is 0 Å². The van der Waals surface area contributed by atoms with Crippen molar-refractivity contribution in [3.63, 3.8) is 0 Å². The highest BCUT2D eigenvalue weighted by molar-refractivity contribution is 5.85. The van der Waals surface area contributed by atoms with Crippen LogP contribution in [0.4, 0.5) is 0 Å². The van der Waals surface area contributed by atoms with Gasteiger partial charge in [0.15, 0.2) is 6.10 Å². The van der Waals surface area contributed by atoms with Crippen molar-refractivity contribution in [1.29, 1.82) is 0 Å². The molecule has 6 heteroatoms. The summed E-state index contributed by atoms with van der Waals surface area (Å²) < 4.78 is 5.33. The second kappa shape index (κ2) is 5.29. The first-order valence-electron chi connectivity index (χ1n) is 4.99. The molecule has 0 aliphatic heterocycles. The van der Waals surface area contributed by atoms with Gasteiger partial charge in [-0.05, 0) is 19.1 Å². The summed E-state index contributed by atoms with van der Waals surface area (Å²) in [7, 11) is 3.27. The van der Waals surface area contributed by atoms with Crippen LogP contribution in [0.1, 0.15) is 17.4 Å². The molecule has 1 rings (SSSR count). The van der Waals surface area contributed by atoms with E-state index in [-0.39, 0.29) is 11.6 Å². The molecular formula is C11H14N2O4. The number of ether oxygens (including phenoxy) is 1. The Hall–Kier alpha value is -2.11. The van der Waals surface area contributed by atoms with E-state index in [9.17, 15) is 9.59 Å². The summed E-state index contributed by atoms with van der Waals surface area (Å²) in [6.45, 7) is 1.62. The van der Waals surface area contributed by atoms with E-state index in [4.69, 9.17) is 9.84 Å². The van der Waals surface area contributed by atoms with Crippen LogP contribution in [0.2, 0.25) is 0 Å². The number of carboxylic acid groups (broad SMARTS) is 1. The Kier molecular flexibility index (Phi) is 4.03. The van der Waals surface area contributed by atoms with E-state index in [0.29, 0.717) is 5.75 Å². The molecule has 6 nitrogen and oxygen atoms in total. The van der Waals surface area contributed by atoms with Crippen LogP contribution in [0, 0.1) is 0 Å². The van der Waals surface area contributed by atoms with E-state index in [1.807, 2.05) is 0 Å². The van der Waals surface area contributed by atoms with Gasteiger partial charge in [-0.25, -0.2) is 9.78 Å². The molecule has 1 aromatic heterocycles. The van der Waals surface area contributed by atoms with Crippen LogP contribution in [0.25, 0.3) is 0 Å². The number of nitrogens with zero attached hydrogens (tertiary/aromatic N) is 2. The van der Waals surface area contributed by atoms with Gasteiger partial charge in [0.2, 0.25) is 0 Å². The van der Waals surface area contributed by atoms with Crippen molar-refractivity contribution < 1.29 is 19.4 Å². The Morgan fingerprint density at radius 2 is 2.06 bits per heavy atom. The molecule has 1 N–H and O–H groups in total. The van der Waals surface area contributed by atoms with Crippen LogP contribution in [0.3, 0.4) is 0 Å². The van der Waals surface area contributed by atoms with Gasteiger partial charge in [-0.1, -0.05) is 0 Å². The van der Waals surface area contributed by atoms with Gasteiger partial charge in [-0.2, -0.15) is 0 Å². The SMILES string of the molecule is CC(Oc1ccc(C(=O)O)nc1)C(=O)N(C)C. The number of aromatic nitrogens is 1. The lowest BCUT2D eigenvalue weighted by atomic mass is 10.3. The number of carbonyl (C=O) groups excluding carboxylic acids is 1. The van der Waals surface area contributed by atoms with Gasteiger partial charge in [-0.3, -0.25) is 4.79 Å². The average Bonchev–Trinajstić information content (AvgIpc) is 2.28. The van der Waals surface area contributed by atoms with Crippen molar-refractivity contribution in [1.82, 2.24) is 9.88 Å². The third kappa shape index (κ3) is 3.44. The third-order valence-electron chi connectivity index (χ3n) is 2.06. The summed E-state index contributed by atoms with van der Waals surface area (Å²) in [6.07, 6.45) is 0.644. The number of rotatable bonds is 4. The van der Waals surface area contributed by atoms with E-state index in [2.05, 4.69) is 4.98 Å². The first-order chi connectivity index (χ1) is 7.91. The van der Waals surface area contributed by atoms with Crippen molar-refractivity contribution >= 4 is 11.9 Å². The molecule has 0 aliphatic carbocycles. The Morgan fingerprint density at radius 1 is 1.41 bits per heavy atom. The Bertz CT molecular complexity index is 414. The van der Waals surface area contributed by atoms with E-state index in [1.54, 1.807) is 21.0 Å². The second-order valence-corrected chi connectivity index (χ2v) is 3.68. The number of carbonyl (C=O) groups is 2. The zero-order valence-corrected chi connectivity index (χ0v) is 9.88. The highest BCUT2D eigenvalue weighted by Crippen LogP contribution is 2.12. The van der Waals surface area contributed by atoms with E-state index < -0.39 is 12.1 Å². The van der Waals surface area contributed by atoms with Crippen LogP contribution in [-0.4, -0.2) is 47.1 Å². The van der Waals surface area contributed by atoms with Gasteiger partial charge in [-0.15, -0.1) is 0 Å². The number of hydrogen-bond donors (Lipinski definition) is 1. The summed E-state index contributed by atoms with van der Waals surface area (Å²) in [5.41, 5.74) is -0.0658. The van der Waals surface area contributed by atoms with E-state index >= 15 is 0 Å². The van der Waals surface area contributed by atoms with Gasteiger partial charge in [0, 0.05) is 14.1 Å². The minimum absolute atomic E-state index is 0.0658. The van der Waals surface area contributed by atoms with Crippen LogP contribution in [0.5, 0.6) is 5.75 Å². The maximum atomic E-state index is 11.5. The largest absolute Gasteiger partial charge is 0.479 e. The topological polar surface area (TPSA) is 79.7 Å². The van der Waals surface area contributed by atoms with Gasteiger partial charge in [0.1, 0.15) is 11.4 Å². The number of carboxylic acids is 1. The lowest BCUT2D eigenvalue weighted by Crippen LogP contribution is -2.35. The summed E-state index contributed by atoms with van der Waals surface area (Å²) in [4.78, 5) is 27.2. The Morgan fingerprint density at radius 3 is 2.47 bits per heavy atom. The fourth-order valence-corrected chi connectivity index (χ4v) is 1.19. The fourth-order valence-electron chi connectivity index (χ4n) is 1.19. The second-order valence-electron chi connectivity index (χ2n) is 3.68. The van der Waals surface area contributed by atoms with Crippen LogP contribution < -0.4 is 4.74 Å². The van der Waals surface area contributed by atoms with Gasteiger partial charge < -0.3 is 14.7 Å². The zero-order chi connectivity index (χ0) is 13.0. The van der Waals surface area contributed by atoms with Crippen molar-refractivity contribution in [2.45, 2.75) is 13.0 Å². The molecule has 0 saturated heterocycles. The molecule has 17 heavy (non-hydrogen) atoms. The molecule has 1 aromatic rings. The van der Waals surface area contributed by atoms with Gasteiger partial charge in [0.25, 0.3) is 5.91 Å². The maximum Gasteiger partial charge on any atom is 0.354 e. The number of hydrogen-bond acceptors (Lipinski definition) is 4. The standard InChI is InChI=1S/C11H14N2O4/c1-7(10(14)13(2)3)17-8-4-5-9(11(15)16)12-6-8/h4-7H,1-3H3,(H,15,16). The molecule has 1 heterocycles. The highest BCUT2D eigenvalue weighted by atomic mass is 16.5. The normalized spacial score (nSPS) is 11.7. The summed E-state index contributed by atoms with van der Waals surface area (Å²) in [6, 6.07) is 2.79. The van der Waals surface area contributed by atoms with Crippen LogP contribution in [0.15, 0.2) is 18.3 Å². The molecule has 0 bridgehead atoms. The molecule has 0 radical (unpaired) electrons. The van der Waals surface area contributed by atoms with Crippen molar-refractivity contribution in [2.24, 2.45) is 0 Å². The molecule has 0 fully saturated rings. The highest BCUT2D eigenvalue weighted by Gasteiger charge is 2.16. The number of aromatic carboxylic acids is 1. The quantitative estimate of drug-likeness (QED) is 0.832. The first-order valence-corrected chi connectivity index (χ1v) is 4.99. The average molecular weight is 238 g/mol. The first kappa shape index (κ1) is 13.0. The smallest absolute Gasteiger partial charge is 0.354 e. The number of pyridine rings is 1. The zero-order valence-electron chi connectivity index (χ0n) is 9.88. The molecular weight excluding hydrogens is 224 g/mol. The Labute approximate surface area is 98.8 Å². The van der Waals surface area contributed by atoms with E-state index in [0.717, 1.165) is 0 Å². The minimum atomic E-state index is -1.10. The van der Waals surface area contributed by atoms with Gasteiger partial charge >= 0.3 is 5.97 Å². The van der Waals surface area contributed by atoms with Gasteiger partial charge in [0.05, 0.1) is 6.20 Å². The minimum Gasteiger partial charge on any atom is -0.479 e. The fraction of sp³-hybridized carbons (Fsp3) is 0.364. The molecule has 0 saturated carbocycles. The monoisotopic (exact) mass is 238 g/mol. The lowest BCUT2D eigenvalue weighted by molar-refractivity contribution is -0.135. The van der Waals surface area contributed by atoms with Crippen molar-refractivity contribution in [2.75, 3.05) is 14.1 Å². The summed E-state index contributed by atoms with van der Waals surface area (Å²) >= 11 is 0. The van der Waals surface area contributed by atoms with Crippen molar-refractivity contribution in [3.8, 4) is 5.75 Å². The molecule has 0 aromatic carbocycles. The summed E-state index contributed by atoms with van der Waals surface area (Å²) in [5.74, 6) is -0.918. The predicted molar refractivity (Wildman–Crippen MR) is 60.0 cm³/mol. The Balaban J connectivity index is 2.69. The maximum absolute atomic E-state index is 11.5. The predicted octanol–water partition coefficient (Wildman–Crippen LogP) is 0.635. The van der Waals surface area contributed by atoms with Crippen molar-refractivity contribution in [3.05, 3.63) is 24.0 Å². The molecule has 1 atom stereocenters. The third-order valence-corrected chi connectivity index (χ3v) is 2.06. The molecule has 1 unspecified atom stereocenters. The molecule has 92 valence electrons. The summed E-state index contributed by atoms with van der Waals surface area (Å²) in [5, 5.41) is 8.65. The molecule has 0 aliphatic rings. The van der Waals surface area contributed by atoms with E-state index in [1.165, 1.54) is 23.2 Å².